The average molecular weight is 373 g/mol. The molecule has 1 amide bonds. The number of likely N-dealkylation sites (tertiary alicyclic amines) is 1. The Hall–Kier alpha value is -1.69. The lowest BCUT2D eigenvalue weighted by Crippen LogP contribution is -2.38. The molecule has 1 aromatic heterocycles. The summed E-state index contributed by atoms with van der Waals surface area (Å²) in [5.74, 6) is 1.91. The molecule has 0 radical (unpaired) electrons. The maximum absolute atomic E-state index is 12.6. The van der Waals surface area contributed by atoms with Gasteiger partial charge in [-0.05, 0) is 72.4 Å². The number of rotatable bonds is 3. The number of carbonyl (C=O) groups is 1. The molecule has 148 valence electrons. The van der Waals surface area contributed by atoms with Gasteiger partial charge in [-0.2, -0.15) is 0 Å². The van der Waals surface area contributed by atoms with E-state index < -0.39 is 0 Å². The highest BCUT2D eigenvalue weighted by molar-refractivity contribution is 5.89. The van der Waals surface area contributed by atoms with Crippen LogP contribution in [0.2, 0.25) is 0 Å². The van der Waals surface area contributed by atoms with E-state index in [1.807, 2.05) is 13.0 Å². The fraction of sp³-hybridized carbons (Fsp3) is 0.762. The molecule has 3 heterocycles. The van der Waals surface area contributed by atoms with Crippen molar-refractivity contribution in [2.45, 2.75) is 83.3 Å². The van der Waals surface area contributed by atoms with Crippen LogP contribution in [0.1, 0.15) is 76.2 Å². The summed E-state index contributed by atoms with van der Waals surface area (Å²) in [6, 6.07) is 2.63. The maximum Gasteiger partial charge on any atom is 0.416 e. The number of hydrogen-bond acceptors (Lipinski definition) is 5. The van der Waals surface area contributed by atoms with Crippen LogP contribution in [0.4, 0.5) is 10.6 Å². The van der Waals surface area contributed by atoms with Crippen molar-refractivity contribution in [3.8, 4) is 0 Å². The van der Waals surface area contributed by atoms with Crippen molar-refractivity contribution < 1.29 is 9.53 Å². The Bertz CT molecular complexity index is 691. The van der Waals surface area contributed by atoms with Crippen LogP contribution in [0.3, 0.4) is 0 Å². The predicted octanol–water partition coefficient (Wildman–Crippen LogP) is 4.03. The molecule has 0 aromatic carbocycles. The molecular formula is C21H32N4O2. The van der Waals surface area contributed by atoms with Crippen LogP contribution in [-0.4, -0.2) is 52.2 Å². The highest BCUT2D eigenvalue weighted by Gasteiger charge is 2.46. The van der Waals surface area contributed by atoms with Crippen molar-refractivity contribution in [2.24, 2.45) is 0 Å². The Morgan fingerprint density at radius 1 is 1.15 bits per heavy atom. The molecule has 0 atom stereocenters. The van der Waals surface area contributed by atoms with E-state index in [1.165, 1.54) is 6.42 Å². The summed E-state index contributed by atoms with van der Waals surface area (Å²) in [5, 5.41) is 0. The van der Waals surface area contributed by atoms with Crippen molar-refractivity contribution in [2.75, 3.05) is 24.5 Å². The molecular weight excluding hydrogens is 340 g/mol. The van der Waals surface area contributed by atoms with E-state index >= 15 is 0 Å². The van der Waals surface area contributed by atoms with Crippen molar-refractivity contribution >= 4 is 11.9 Å². The minimum absolute atomic E-state index is 0.240. The lowest BCUT2D eigenvalue weighted by molar-refractivity contribution is 0.0260. The molecule has 0 bridgehead atoms. The standard InChI is InChI=1S/C21H32N4O2/c1-15(2)24-11-7-17(8-12-24)18-13-19(23-16(3)22-18)25-14-21(27-20(25)26)9-5-4-6-10-21/h13,15,17H,4-12,14H2,1-3H3. The van der Waals surface area contributed by atoms with Crippen molar-refractivity contribution in [1.82, 2.24) is 14.9 Å². The second-order valence-corrected chi connectivity index (χ2v) is 8.80. The van der Waals surface area contributed by atoms with Gasteiger partial charge in [0, 0.05) is 23.7 Å². The summed E-state index contributed by atoms with van der Waals surface area (Å²) in [6.07, 6.45) is 7.46. The highest BCUT2D eigenvalue weighted by Crippen LogP contribution is 2.39. The summed E-state index contributed by atoms with van der Waals surface area (Å²) >= 11 is 0. The molecule has 3 aliphatic rings. The number of aromatic nitrogens is 2. The second kappa shape index (κ2) is 7.38. The number of ether oxygens (including phenoxy) is 1. The van der Waals surface area contributed by atoms with Crippen LogP contribution >= 0.6 is 0 Å². The van der Waals surface area contributed by atoms with E-state index in [2.05, 4.69) is 23.7 Å². The molecule has 2 aliphatic heterocycles. The molecule has 1 spiro atoms. The zero-order valence-electron chi connectivity index (χ0n) is 16.9. The van der Waals surface area contributed by atoms with Gasteiger partial charge in [-0.3, -0.25) is 4.90 Å². The SMILES string of the molecule is Cc1nc(C2CCN(C(C)C)CC2)cc(N2CC3(CCCCC3)OC2=O)n1. The number of aryl methyl sites for hydroxylation is 1. The Morgan fingerprint density at radius 3 is 2.52 bits per heavy atom. The fourth-order valence-corrected chi connectivity index (χ4v) is 4.89. The van der Waals surface area contributed by atoms with Gasteiger partial charge < -0.3 is 9.64 Å². The van der Waals surface area contributed by atoms with Crippen molar-refractivity contribution in [3.05, 3.63) is 17.6 Å². The second-order valence-electron chi connectivity index (χ2n) is 8.80. The van der Waals surface area contributed by atoms with Gasteiger partial charge in [0.1, 0.15) is 17.2 Å². The molecule has 0 unspecified atom stereocenters. The minimum Gasteiger partial charge on any atom is -0.441 e. The lowest BCUT2D eigenvalue weighted by atomic mass is 9.85. The monoisotopic (exact) mass is 372 g/mol. The molecule has 0 N–H and O–H groups in total. The molecule has 2 saturated heterocycles. The Labute approximate surface area is 162 Å². The van der Waals surface area contributed by atoms with Gasteiger partial charge in [0.05, 0.1) is 6.54 Å². The molecule has 27 heavy (non-hydrogen) atoms. The Morgan fingerprint density at radius 2 is 1.85 bits per heavy atom. The van der Waals surface area contributed by atoms with Crippen LogP contribution in [0.15, 0.2) is 6.07 Å². The summed E-state index contributed by atoms with van der Waals surface area (Å²) in [4.78, 5) is 26.2. The van der Waals surface area contributed by atoms with Crippen LogP contribution in [0, 0.1) is 6.92 Å². The van der Waals surface area contributed by atoms with E-state index in [0.717, 1.165) is 69.0 Å². The van der Waals surface area contributed by atoms with Gasteiger partial charge in [-0.1, -0.05) is 6.42 Å². The number of hydrogen-bond donors (Lipinski definition) is 0. The first-order chi connectivity index (χ1) is 13.0. The minimum atomic E-state index is -0.295. The predicted molar refractivity (Wildman–Crippen MR) is 105 cm³/mol. The Balaban J connectivity index is 1.52. The molecule has 6 nitrogen and oxygen atoms in total. The first-order valence-corrected chi connectivity index (χ1v) is 10.6. The fourth-order valence-electron chi connectivity index (χ4n) is 4.89. The van der Waals surface area contributed by atoms with Gasteiger partial charge in [-0.25, -0.2) is 14.8 Å². The third-order valence-electron chi connectivity index (χ3n) is 6.53. The normalized spacial score (nSPS) is 24.0. The largest absolute Gasteiger partial charge is 0.441 e. The van der Waals surface area contributed by atoms with Gasteiger partial charge in [0.2, 0.25) is 0 Å². The van der Waals surface area contributed by atoms with Crippen LogP contribution in [-0.2, 0) is 4.74 Å². The van der Waals surface area contributed by atoms with E-state index in [0.29, 0.717) is 18.5 Å². The molecule has 3 fully saturated rings. The summed E-state index contributed by atoms with van der Waals surface area (Å²) < 4.78 is 5.84. The lowest BCUT2D eigenvalue weighted by Gasteiger charge is -2.34. The van der Waals surface area contributed by atoms with Crippen LogP contribution < -0.4 is 4.90 Å². The topological polar surface area (TPSA) is 58.6 Å². The first-order valence-electron chi connectivity index (χ1n) is 10.6. The van der Waals surface area contributed by atoms with Crippen molar-refractivity contribution in [3.63, 3.8) is 0 Å². The third kappa shape index (κ3) is 3.82. The van der Waals surface area contributed by atoms with E-state index in [9.17, 15) is 4.79 Å². The highest BCUT2D eigenvalue weighted by atomic mass is 16.6. The van der Waals surface area contributed by atoms with E-state index in [1.54, 1.807) is 4.90 Å². The summed E-state index contributed by atoms with van der Waals surface area (Å²) in [6.45, 7) is 9.29. The first kappa shape index (κ1) is 18.7. The quantitative estimate of drug-likeness (QED) is 0.802. The van der Waals surface area contributed by atoms with Crippen molar-refractivity contribution in [1.29, 1.82) is 0 Å². The molecule has 1 saturated carbocycles. The number of anilines is 1. The molecule has 1 aromatic rings. The summed E-state index contributed by atoms with van der Waals surface area (Å²) in [5.41, 5.74) is 0.787. The van der Waals surface area contributed by atoms with Gasteiger partial charge in [0.15, 0.2) is 0 Å². The van der Waals surface area contributed by atoms with Crippen LogP contribution in [0.5, 0.6) is 0 Å². The van der Waals surface area contributed by atoms with E-state index in [-0.39, 0.29) is 11.7 Å². The maximum atomic E-state index is 12.6. The summed E-state index contributed by atoms with van der Waals surface area (Å²) in [7, 11) is 0. The van der Waals surface area contributed by atoms with Gasteiger partial charge >= 0.3 is 6.09 Å². The third-order valence-corrected chi connectivity index (χ3v) is 6.53. The van der Waals surface area contributed by atoms with Gasteiger partial charge in [0.25, 0.3) is 0 Å². The number of piperidine rings is 1. The number of nitrogens with zero attached hydrogens (tertiary/aromatic N) is 4. The van der Waals surface area contributed by atoms with Gasteiger partial charge in [-0.15, -0.1) is 0 Å². The average Bonchev–Trinajstić information content (AvgIpc) is 2.97. The van der Waals surface area contributed by atoms with Crippen LogP contribution in [0.25, 0.3) is 0 Å². The zero-order valence-corrected chi connectivity index (χ0v) is 16.9. The Kier molecular flexibility index (Phi) is 5.10. The molecule has 4 rings (SSSR count). The number of amides is 1. The molecule has 6 heteroatoms. The number of carbonyl (C=O) groups excluding carboxylic acids is 1. The molecule has 1 aliphatic carbocycles. The van der Waals surface area contributed by atoms with E-state index in [4.69, 9.17) is 9.72 Å². The smallest absolute Gasteiger partial charge is 0.416 e. The zero-order chi connectivity index (χ0) is 19.0.